The molecule has 33 heavy (non-hydrogen) atoms. The Balaban J connectivity index is 1.60. The SMILES string of the molecule is COc1ccc(-c2cc(C(=O)NCCCN3CCOCC3)c3cc(F)ccc3n2)c(OC)c1. The quantitative estimate of drug-likeness (QED) is 0.527. The van der Waals surface area contributed by atoms with E-state index in [4.69, 9.17) is 14.2 Å². The highest BCUT2D eigenvalue weighted by Gasteiger charge is 2.17. The molecule has 8 heteroatoms. The van der Waals surface area contributed by atoms with Crippen molar-refractivity contribution in [3.05, 3.63) is 53.8 Å². The Bertz CT molecular complexity index is 1130. The van der Waals surface area contributed by atoms with Crippen LogP contribution < -0.4 is 14.8 Å². The van der Waals surface area contributed by atoms with Crippen LogP contribution in [0.1, 0.15) is 16.8 Å². The standard InChI is InChI=1S/C25H28FN3O4/c1-31-18-5-6-19(24(15-18)32-2)23-16-21(20-14-17(26)4-7-22(20)28-23)25(30)27-8-3-9-29-10-12-33-13-11-29/h4-7,14-16H,3,8-13H2,1-2H3,(H,27,30). The van der Waals surface area contributed by atoms with Crippen molar-refractivity contribution in [3.8, 4) is 22.8 Å². The van der Waals surface area contributed by atoms with Crippen molar-refractivity contribution < 1.29 is 23.4 Å². The van der Waals surface area contributed by atoms with Gasteiger partial charge in [-0.15, -0.1) is 0 Å². The maximum atomic E-state index is 14.0. The maximum absolute atomic E-state index is 14.0. The maximum Gasteiger partial charge on any atom is 0.252 e. The third-order valence-electron chi connectivity index (χ3n) is 5.74. The Morgan fingerprint density at radius 3 is 2.70 bits per heavy atom. The number of hydrogen-bond donors (Lipinski definition) is 1. The minimum absolute atomic E-state index is 0.260. The van der Waals surface area contributed by atoms with Gasteiger partial charge in [-0.2, -0.15) is 0 Å². The zero-order chi connectivity index (χ0) is 23.2. The molecule has 0 bridgehead atoms. The molecular weight excluding hydrogens is 425 g/mol. The molecule has 0 saturated carbocycles. The molecule has 0 spiro atoms. The van der Waals surface area contributed by atoms with E-state index in [0.717, 1.165) is 39.3 Å². The van der Waals surface area contributed by atoms with Gasteiger partial charge in [0.15, 0.2) is 0 Å². The minimum Gasteiger partial charge on any atom is -0.497 e. The molecule has 7 nitrogen and oxygen atoms in total. The van der Waals surface area contributed by atoms with Crippen molar-refractivity contribution in [1.82, 2.24) is 15.2 Å². The van der Waals surface area contributed by atoms with E-state index in [1.807, 2.05) is 6.07 Å². The molecule has 1 aliphatic rings. The fourth-order valence-corrected chi connectivity index (χ4v) is 3.96. The molecule has 0 aliphatic carbocycles. The van der Waals surface area contributed by atoms with Gasteiger partial charge < -0.3 is 19.5 Å². The Hall–Kier alpha value is -3.23. The average Bonchev–Trinajstić information content (AvgIpc) is 2.86. The van der Waals surface area contributed by atoms with Gasteiger partial charge >= 0.3 is 0 Å². The number of nitrogens with one attached hydrogen (secondary N) is 1. The van der Waals surface area contributed by atoms with Crippen LogP contribution in [0.2, 0.25) is 0 Å². The lowest BCUT2D eigenvalue weighted by Gasteiger charge is -2.26. The Morgan fingerprint density at radius 2 is 1.94 bits per heavy atom. The summed E-state index contributed by atoms with van der Waals surface area (Å²) in [6.07, 6.45) is 0.822. The lowest BCUT2D eigenvalue weighted by Crippen LogP contribution is -2.38. The molecule has 1 saturated heterocycles. The second kappa shape index (κ2) is 10.6. The van der Waals surface area contributed by atoms with Crippen molar-refractivity contribution in [3.63, 3.8) is 0 Å². The van der Waals surface area contributed by atoms with E-state index in [1.54, 1.807) is 38.5 Å². The third-order valence-corrected chi connectivity index (χ3v) is 5.74. The highest BCUT2D eigenvalue weighted by atomic mass is 19.1. The summed E-state index contributed by atoms with van der Waals surface area (Å²) in [6, 6.07) is 11.4. The number of carbonyl (C=O) groups is 1. The number of carbonyl (C=O) groups excluding carboxylic acids is 1. The molecule has 1 N–H and O–H groups in total. The molecule has 1 aromatic heterocycles. The molecule has 0 radical (unpaired) electrons. The molecule has 1 amide bonds. The largest absolute Gasteiger partial charge is 0.497 e. The first-order chi connectivity index (χ1) is 16.1. The molecule has 0 unspecified atom stereocenters. The van der Waals surface area contributed by atoms with Crippen LogP contribution in [0.25, 0.3) is 22.2 Å². The molecule has 1 aliphatic heterocycles. The second-order valence-corrected chi connectivity index (χ2v) is 7.85. The predicted octanol–water partition coefficient (Wildman–Crippen LogP) is 3.51. The van der Waals surface area contributed by atoms with Gasteiger partial charge in [0.2, 0.25) is 0 Å². The predicted molar refractivity (Wildman–Crippen MR) is 124 cm³/mol. The Labute approximate surface area is 192 Å². The topological polar surface area (TPSA) is 72.9 Å². The normalized spacial score (nSPS) is 14.3. The summed E-state index contributed by atoms with van der Waals surface area (Å²) in [7, 11) is 3.15. The lowest BCUT2D eigenvalue weighted by molar-refractivity contribution is 0.0374. The highest BCUT2D eigenvalue weighted by molar-refractivity contribution is 6.07. The summed E-state index contributed by atoms with van der Waals surface area (Å²) in [4.78, 5) is 20.1. The third kappa shape index (κ3) is 5.40. The van der Waals surface area contributed by atoms with Crippen molar-refractivity contribution in [2.24, 2.45) is 0 Å². The summed E-state index contributed by atoms with van der Waals surface area (Å²) in [5.41, 5.74) is 2.18. The number of aromatic nitrogens is 1. The summed E-state index contributed by atoms with van der Waals surface area (Å²) >= 11 is 0. The number of fused-ring (bicyclic) bond motifs is 1. The fourth-order valence-electron chi connectivity index (χ4n) is 3.96. The molecule has 4 rings (SSSR count). The van der Waals surface area contributed by atoms with Crippen molar-refractivity contribution in [2.45, 2.75) is 6.42 Å². The number of ether oxygens (including phenoxy) is 3. The zero-order valence-electron chi connectivity index (χ0n) is 18.9. The number of nitrogens with zero attached hydrogens (tertiary/aromatic N) is 2. The average molecular weight is 454 g/mol. The summed E-state index contributed by atoms with van der Waals surface area (Å²) in [5, 5.41) is 3.45. The summed E-state index contributed by atoms with van der Waals surface area (Å²) < 4.78 is 30.2. The lowest BCUT2D eigenvalue weighted by atomic mass is 10.0. The van der Waals surface area contributed by atoms with Crippen LogP contribution in [0.5, 0.6) is 11.5 Å². The number of rotatable bonds is 8. The number of benzene rings is 2. The number of halogens is 1. The van der Waals surface area contributed by atoms with E-state index in [1.165, 1.54) is 12.1 Å². The number of morpholine rings is 1. The van der Waals surface area contributed by atoms with Gasteiger partial charge in [-0.1, -0.05) is 0 Å². The molecule has 174 valence electrons. The molecular formula is C25H28FN3O4. The van der Waals surface area contributed by atoms with Gasteiger partial charge in [0.1, 0.15) is 17.3 Å². The highest BCUT2D eigenvalue weighted by Crippen LogP contribution is 2.34. The molecule has 0 atom stereocenters. The molecule has 2 heterocycles. The van der Waals surface area contributed by atoms with Crippen LogP contribution in [0.4, 0.5) is 4.39 Å². The van der Waals surface area contributed by atoms with Gasteiger partial charge in [-0.05, 0) is 49.4 Å². The molecule has 1 fully saturated rings. The Morgan fingerprint density at radius 1 is 1.12 bits per heavy atom. The smallest absolute Gasteiger partial charge is 0.252 e. The van der Waals surface area contributed by atoms with Gasteiger partial charge in [-0.25, -0.2) is 9.37 Å². The van der Waals surface area contributed by atoms with Crippen LogP contribution in [-0.2, 0) is 4.74 Å². The van der Waals surface area contributed by atoms with Crippen LogP contribution in [0, 0.1) is 5.82 Å². The van der Waals surface area contributed by atoms with Gasteiger partial charge in [-0.3, -0.25) is 9.69 Å². The van der Waals surface area contributed by atoms with Crippen LogP contribution >= 0.6 is 0 Å². The minimum atomic E-state index is -0.416. The van der Waals surface area contributed by atoms with Crippen molar-refractivity contribution in [1.29, 1.82) is 0 Å². The van der Waals surface area contributed by atoms with Crippen LogP contribution in [0.15, 0.2) is 42.5 Å². The first-order valence-corrected chi connectivity index (χ1v) is 11.0. The zero-order valence-corrected chi connectivity index (χ0v) is 18.9. The second-order valence-electron chi connectivity index (χ2n) is 7.85. The Kier molecular flexibility index (Phi) is 7.36. The van der Waals surface area contributed by atoms with Gasteiger partial charge in [0.25, 0.3) is 5.91 Å². The molecule has 3 aromatic rings. The van der Waals surface area contributed by atoms with E-state index in [2.05, 4.69) is 15.2 Å². The first kappa shape index (κ1) is 22.9. The van der Waals surface area contributed by atoms with Gasteiger partial charge in [0.05, 0.1) is 44.2 Å². The number of pyridine rings is 1. The number of methoxy groups -OCH3 is 2. The number of amides is 1. The van der Waals surface area contributed by atoms with E-state index < -0.39 is 5.82 Å². The first-order valence-electron chi connectivity index (χ1n) is 11.0. The van der Waals surface area contributed by atoms with E-state index in [9.17, 15) is 9.18 Å². The fraction of sp³-hybridized carbons (Fsp3) is 0.360. The van der Waals surface area contributed by atoms with Crippen LogP contribution in [-0.4, -0.2) is 69.4 Å². The monoisotopic (exact) mass is 453 g/mol. The van der Waals surface area contributed by atoms with Crippen LogP contribution in [0.3, 0.4) is 0 Å². The van der Waals surface area contributed by atoms with Gasteiger partial charge in [0, 0.05) is 36.7 Å². The van der Waals surface area contributed by atoms with Crippen molar-refractivity contribution >= 4 is 16.8 Å². The van der Waals surface area contributed by atoms with E-state index in [-0.39, 0.29) is 5.91 Å². The van der Waals surface area contributed by atoms with Crippen molar-refractivity contribution in [2.75, 3.05) is 53.6 Å². The van der Waals surface area contributed by atoms with E-state index >= 15 is 0 Å². The summed E-state index contributed by atoms with van der Waals surface area (Å²) in [6.45, 7) is 4.74. The summed E-state index contributed by atoms with van der Waals surface area (Å²) in [5.74, 6) is 0.543. The molecule has 2 aromatic carbocycles. The van der Waals surface area contributed by atoms with E-state index in [0.29, 0.717) is 45.8 Å². The number of hydrogen-bond acceptors (Lipinski definition) is 6.